The van der Waals surface area contributed by atoms with Gasteiger partial charge in [-0.05, 0) is 32.2 Å². The van der Waals surface area contributed by atoms with Gasteiger partial charge in [0.1, 0.15) is 11.5 Å². The van der Waals surface area contributed by atoms with Crippen molar-refractivity contribution in [2.75, 3.05) is 13.6 Å². The summed E-state index contributed by atoms with van der Waals surface area (Å²) in [6, 6.07) is 8.06. The van der Waals surface area contributed by atoms with Crippen LogP contribution in [0, 0.1) is 6.92 Å². The van der Waals surface area contributed by atoms with Crippen molar-refractivity contribution < 1.29 is 4.42 Å². The Labute approximate surface area is 114 Å². The number of aryl methyl sites for hydroxylation is 1. The van der Waals surface area contributed by atoms with Crippen molar-refractivity contribution in [2.24, 2.45) is 5.73 Å². The number of pyridine rings is 1. The van der Waals surface area contributed by atoms with Gasteiger partial charge in [-0.3, -0.25) is 9.88 Å². The summed E-state index contributed by atoms with van der Waals surface area (Å²) in [6.45, 7) is 4.24. The van der Waals surface area contributed by atoms with Crippen LogP contribution in [0.15, 0.2) is 34.9 Å². The largest absolute Gasteiger partial charge is 0.465 e. The molecule has 0 bridgehead atoms. The van der Waals surface area contributed by atoms with E-state index in [9.17, 15) is 0 Å². The standard InChI is InChI=1S/C15H21N3O/c1-12-13(10-16)9-15(19-12)11-18(2)8-6-14-5-3-4-7-17-14/h3-5,7,9H,6,8,10-11,16H2,1-2H3. The molecular weight excluding hydrogens is 238 g/mol. The lowest BCUT2D eigenvalue weighted by Gasteiger charge is -2.14. The Morgan fingerprint density at radius 3 is 2.84 bits per heavy atom. The molecular formula is C15H21N3O. The van der Waals surface area contributed by atoms with Gasteiger partial charge in [0.25, 0.3) is 0 Å². The lowest BCUT2D eigenvalue weighted by molar-refractivity contribution is 0.294. The molecule has 2 heterocycles. The van der Waals surface area contributed by atoms with E-state index in [1.54, 1.807) is 0 Å². The average Bonchev–Trinajstić information content (AvgIpc) is 2.77. The highest BCUT2D eigenvalue weighted by Gasteiger charge is 2.08. The topological polar surface area (TPSA) is 55.3 Å². The summed E-state index contributed by atoms with van der Waals surface area (Å²) in [6.07, 6.45) is 2.78. The van der Waals surface area contributed by atoms with E-state index in [1.807, 2.05) is 31.3 Å². The van der Waals surface area contributed by atoms with Crippen molar-refractivity contribution in [2.45, 2.75) is 26.4 Å². The molecule has 0 spiro atoms. The van der Waals surface area contributed by atoms with Gasteiger partial charge >= 0.3 is 0 Å². The van der Waals surface area contributed by atoms with E-state index in [1.165, 1.54) is 0 Å². The molecule has 0 atom stereocenters. The van der Waals surface area contributed by atoms with Crippen molar-refractivity contribution in [3.63, 3.8) is 0 Å². The first kappa shape index (κ1) is 13.8. The molecule has 102 valence electrons. The van der Waals surface area contributed by atoms with Crippen LogP contribution < -0.4 is 5.73 Å². The number of hydrogen-bond donors (Lipinski definition) is 1. The minimum Gasteiger partial charge on any atom is -0.465 e. The van der Waals surface area contributed by atoms with Gasteiger partial charge in [-0.15, -0.1) is 0 Å². The van der Waals surface area contributed by atoms with Crippen molar-refractivity contribution in [3.05, 3.63) is 53.2 Å². The van der Waals surface area contributed by atoms with Gasteiger partial charge in [0.05, 0.1) is 6.54 Å². The van der Waals surface area contributed by atoms with E-state index in [-0.39, 0.29) is 0 Å². The molecule has 0 aliphatic heterocycles. The predicted molar refractivity (Wildman–Crippen MR) is 75.6 cm³/mol. The fraction of sp³-hybridized carbons (Fsp3) is 0.400. The molecule has 2 aromatic rings. The van der Waals surface area contributed by atoms with Crippen molar-refractivity contribution in [1.29, 1.82) is 0 Å². The Hall–Kier alpha value is -1.65. The Bertz CT molecular complexity index is 507. The van der Waals surface area contributed by atoms with Gasteiger partial charge in [-0.1, -0.05) is 6.07 Å². The Kier molecular flexibility index (Phi) is 4.71. The third-order valence-electron chi connectivity index (χ3n) is 3.19. The summed E-state index contributed by atoms with van der Waals surface area (Å²) >= 11 is 0. The van der Waals surface area contributed by atoms with Crippen molar-refractivity contribution in [1.82, 2.24) is 9.88 Å². The molecule has 4 heteroatoms. The quantitative estimate of drug-likeness (QED) is 0.863. The summed E-state index contributed by atoms with van der Waals surface area (Å²) in [5.41, 5.74) is 7.86. The number of likely N-dealkylation sites (N-methyl/N-ethyl adjacent to an activating group) is 1. The molecule has 0 saturated carbocycles. The van der Waals surface area contributed by atoms with Crippen LogP contribution in [0.5, 0.6) is 0 Å². The second kappa shape index (κ2) is 6.50. The predicted octanol–water partition coefficient (Wildman–Crippen LogP) is 2.12. The fourth-order valence-corrected chi connectivity index (χ4v) is 2.06. The highest BCUT2D eigenvalue weighted by molar-refractivity contribution is 5.20. The first-order valence-electron chi connectivity index (χ1n) is 6.55. The van der Waals surface area contributed by atoms with E-state index < -0.39 is 0 Å². The van der Waals surface area contributed by atoms with Crippen LogP contribution in [0.1, 0.15) is 22.8 Å². The average molecular weight is 259 g/mol. The molecule has 0 fully saturated rings. The van der Waals surface area contributed by atoms with Crippen LogP contribution in [0.3, 0.4) is 0 Å². The molecule has 4 nitrogen and oxygen atoms in total. The number of rotatable bonds is 6. The highest BCUT2D eigenvalue weighted by Crippen LogP contribution is 2.15. The Morgan fingerprint density at radius 2 is 2.21 bits per heavy atom. The van der Waals surface area contributed by atoms with Crippen LogP contribution in [0.4, 0.5) is 0 Å². The van der Waals surface area contributed by atoms with Gasteiger partial charge in [-0.2, -0.15) is 0 Å². The molecule has 0 saturated heterocycles. The zero-order chi connectivity index (χ0) is 13.7. The van der Waals surface area contributed by atoms with Gasteiger partial charge < -0.3 is 10.2 Å². The molecule has 19 heavy (non-hydrogen) atoms. The van der Waals surface area contributed by atoms with Crippen molar-refractivity contribution in [3.8, 4) is 0 Å². The number of hydrogen-bond acceptors (Lipinski definition) is 4. The van der Waals surface area contributed by atoms with E-state index in [0.29, 0.717) is 6.54 Å². The maximum atomic E-state index is 5.69. The third-order valence-corrected chi connectivity index (χ3v) is 3.19. The molecule has 0 unspecified atom stereocenters. The van der Waals surface area contributed by atoms with Crippen molar-refractivity contribution >= 4 is 0 Å². The number of aromatic nitrogens is 1. The molecule has 0 aliphatic carbocycles. The lowest BCUT2D eigenvalue weighted by atomic mass is 10.2. The summed E-state index contributed by atoms with van der Waals surface area (Å²) in [5, 5.41) is 0. The minimum atomic E-state index is 0.535. The van der Waals surface area contributed by atoms with Crippen LogP contribution in [-0.4, -0.2) is 23.5 Å². The second-order valence-electron chi connectivity index (χ2n) is 4.81. The lowest BCUT2D eigenvalue weighted by Crippen LogP contribution is -2.20. The normalized spacial score (nSPS) is 11.2. The first-order chi connectivity index (χ1) is 9.19. The summed E-state index contributed by atoms with van der Waals surface area (Å²) < 4.78 is 5.69. The molecule has 0 aliphatic rings. The summed E-state index contributed by atoms with van der Waals surface area (Å²) in [7, 11) is 2.09. The minimum absolute atomic E-state index is 0.535. The maximum Gasteiger partial charge on any atom is 0.118 e. The molecule has 2 aromatic heterocycles. The monoisotopic (exact) mass is 259 g/mol. The number of furan rings is 1. The Morgan fingerprint density at radius 1 is 1.37 bits per heavy atom. The number of nitrogens with zero attached hydrogens (tertiary/aromatic N) is 2. The van der Waals surface area contributed by atoms with Gasteiger partial charge in [0, 0.05) is 37.0 Å². The molecule has 2 N–H and O–H groups in total. The van der Waals surface area contributed by atoms with Crippen LogP contribution in [-0.2, 0) is 19.5 Å². The zero-order valence-electron chi connectivity index (χ0n) is 11.6. The number of nitrogens with two attached hydrogens (primary N) is 1. The summed E-state index contributed by atoms with van der Waals surface area (Å²) in [5.74, 6) is 1.90. The fourth-order valence-electron chi connectivity index (χ4n) is 2.06. The first-order valence-corrected chi connectivity index (χ1v) is 6.55. The van der Waals surface area contributed by atoms with E-state index in [2.05, 4.69) is 23.0 Å². The molecule has 2 rings (SSSR count). The highest BCUT2D eigenvalue weighted by atomic mass is 16.3. The third kappa shape index (κ3) is 3.91. The molecule has 0 aromatic carbocycles. The maximum absolute atomic E-state index is 5.69. The van der Waals surface area contributed by atoms with Crippen LogP contribution in [0.2, 0.25) is 0 Å². The zero-order valence-corrected chi connectivity index (χ0v) is 11.6. The van der Waals surface area contributed by atoms with Crippen LogP contribution >= 0.6 is 0 Å². The SMILES string of the molecule is Cc1oc(CN(C)CCc2ccccn2)cc1CN. The van der Waals surface area contributed by atoms with E-state index in [0.717, 1.165) is 42.3 Å². The van der Waals surface area contributed by atoms with E-state index >= 15 is 0 Å². The smallest absolute Gasteiger partial charge is 0.118 e. The van der Waals surface area contributed by atoms with Gasteiger partial charge in [-0.25, -0.2) is 0 Å². The van der Waals surface area contributed by atoms with Crippen LogP contribution in [0.25, 0.3) is 0 Å². The van der Waals surface area contributed by atoms with Gasteiger partial charge in [0.15, 0.2) is 0 Å². The second-order valence-corrected chi connectivity index (χ2v) is 4.81. The Balaban J connectivity index is 1.85. The van der Waals surface area contributed by atoms with Gasteiger partial charge in [0.2, 0.25) is 0 Å². The van der Waals surface area contributed by atoms with E-state index in [4.69, 9.17) is 10.2 Å². The molecule has 0 amide bonds. The summed E-state index contributed by atoms with van der Waals surface area (Å²) in [4.78, 5) is 6.55. The molecule has 0 radical (unpaired) electrons.